The lowest BCUT2D eigenvalue weighted by molar-refractivity contribution is 0.283. The van der Waals surface area contributed by atoms with E-state index in [0.29, 0.717) is 12.2 Å². The smallest absolute Gasteiger partial charge is 0.404 e. The standard InChI is InChI=1S/C15H15N2O4P/c16-14-3-1-2-13-11(9-17-15(13)14)8-10-4-6-12(7-5-10)21-22(18,19)20/h1-8,17H,9,16H2,(H2,18,19,20). The summed E-state index contributed by atoms with van der Waals surface area (Å²) in [6.45, 7) is 0.685. The van der Waals surface area contributed by atoms with E-state index in [2.05, 4.69) is 9.84 Å². The van der Waals surface area contributed by atoms with Gasteiger partial charge in [-0.05, 0) is 35.4 Å². The quantitative estimate of drug-likeness (QED) is 0.512. The lowest BCUT2D eigenvalue weighted by Crippen LogP contribution is -1.95. The second-order valence-corrected chi connectivity index (χ2v) is 6.11. The highest BCUT2D eigenvalue weighted by molar-refractivity contribution is 7.46. The summed E-state index contributed by atoms with van der Waals surface area (Å²) in [6.07, 6.45) is 2.00. The molecule has 0 saturated heterocycles. The molecule has 2 aromatic rings. The number of rotatable bonds is 3. The van der Waals surface area contributed by atoms with Gasteiger partial charge in [0.2, 0.25) is 0 Å². The Morgan fingerprint density at radius 1 is 1.18 bits per heavy atom. The zero-order chi connectivity index (χ0) is 15.7. The summed E-state index contributed by atoms with van der Waals surface area (Å²) in [5, 5.41) is 3.26. The van der Waals surface area contributed by atoms with Crippen molar-refractivity contribution in [2.75, 3.05) is 17.6 Å². The van der Waals surface area contributed by atoms with Gasteiger partial charge in [-0.3, -0.25) is 9.79 Å². The highest BCUT2D eigenvalue weighted by Gasteiger charge is 2.18. The van der Waals surface area contributed by atoms with E-state index in [1.54, 1.807) is 12.1 Å². The summed E-state index contributed by atoms with van der Waals surface area (Å²) in [5.74, 6) is 0.129. The van der Waals surface area contributed by atoms with E-state index >= 15 is 0 Å². The Hall–Kier alpha value is -2.27. The first-order valence-electron chi connectivity index (χ1n) is 6.61. The maximum absolute atomic E-state index is 10.8. The van der Waals surface area contributed by atoms with Gasteiger partial charge < -0.3 is 15.6 Å². The predicted octanol–water partition coefficient (Wildman–Crippen LogP) is 2.71. The van der Waals surface area contributed by atoms with Crippen molar-refractivity contribution in [3.63, 3.8) is 0 Å². The van der Waals surface area contributed by atoms with Crippen LogP contribution >= 0.6 is 7.82 Å². The van der Waals surface area contributed by atoms with Gasteiger partial charge in [0.25, 0.3) is 0 Å². The van der Waals surface area contributed by atoms with Gasteiger partial charge in [0.1, 0.15) is 5.75 Å². The van der Waals surface area contributed by atoms with Gasteiger partial charge in [0.05, 0.1) is 11.4 Å². The number of hydrogen-bond donors (Lipinski definition) is 4. The number of nitrogen functional groups attached to an aromatic ring is 1. The Morgan fingerprint density at radius 2 is 1.91 bits per heavy atom. The van der Waals surface area contributed by atoms with Crippen molar-refractivity contribution in [3.8, 4) is 5.75 Å². The number of anilines is 2. The molecular formula is C15H15N2O4P. The molecule has 0 unspecified atom stereocenters. The zero-order valence-electron chi connectivity index (χ0n) is 11.6. The Balaban J connectivity index is 1.86. The van der Waals surface area contributed by atoms with Crippen molar-refractivity contribution < 1.29 is 18.9 Å². The minimum absolute atomic E-state index is 0.129. The van der Waals surface area contributed by atoms with Crippen molar-refractivity contribution in [1.82, 2.24) is 0 Å². The number of para-hydroxylation sites is 1. The van der Waals surface area contributed by atoms with E-state index in [0.717, 1.165) is 22.4 Å². The molecule has 1 aliphatic heterocycles. The molecule has 6 nitrogen and oxygen atoms in total. The SMILES string of the molecule is Nc1cccc2c1NCC2=Cc1ccc(OP(=O)(O)O)cc1. The molecule has 22 heavy (non-hydrogen) atoms. The number of fused-ring (bicyclic) bond motifs is 1. The van der Waals surface area contributed by atoms with Gasteiger partial charge in [-0.1, -0.05) is 24.3 Å². The third kappa shape index (κ3) is 3.14. The molecular weight excluding hydrogens is 303 g/mol. The van der Waals surface area contributed by atoms with Gasteiger partial charge >= 0.3 is 7.82 Å². The fourth-order valence-electron chi connectivity index (χ4n) is 2.41. The van der Waals surface area contributed by atoms with Crippen molar-refractivity contribution in [2.24, 2.45) is 0 Å². The highest BCUT2D eigenvalue weighted by Crippen LogP contribution is 2.38. The molecule has 0 atom stereocenters. The number of phosphoric ester groups is 1. The summed E-state index contributed by atoms with van der Waals surface area (Å²) in [4.78, 5) is 17.5. The van der Waals surface area contributed by atoms with Crippen LogP contribution in [0.1, 0.15) is 11.1 Å². The number of nitrogens with one attached hydrogen (secondary N) is 1. The summed E-state index contributed by atoms with van der Waals surface area (Å²) in [6, 6.07) is 12.3. The Kier molecular flexibility index (Phi) is 3.66. The molecule has 2 aromatic carbocycles. The molecule has 3 rings (SSSR count). The lowest BCUT2D eigenvalue weighted by Gasteiger charge is -2.06. The number of benzene rings is 2. The fraction of sp³-hybridized carbons (Fsp3) is 0.0667. The van der Waals surface area contributed by atoms with Gasteiger partial charge in [-0.25, -0.2) is 4.57 Å². The van der Waals surface area contributed by atoms with Crippen LogP contribution in [0, 0.1) is 0 Å². The molecule has 1 heterocycles. The monoisotopic (exact) mass is 318 g/mol. The minimum atomic E-state index is -4.52. The second kappa shape index (κ2) is 5.50. The second-order valence-electron chi connectivity index (χ2n) is 4.94. The van der Waals surface area contributed by atoms with Gasteiger partial charge in [-0.2, -0.15) is 0 Å². The number of hydrogen-bond acceptors (Lipinski definition) is 4. The first-order chi connectivity index (χ1) is 10.4. The number of nitrogens with two attached hydrogens (primary N) is 1. The molecule has 5 N–H and O–H groups in total. The highest BCUT2D eigenvalue weighted by atomic mass is 31.2. The van der Waals surface area contributed by atoms with E-state index in [1.165, 1.54) is 12.1 Å². The molecule has 0 spiro atoms. The van der Waals surface area contributed by atoms with Crippen LogP contribution in [-0.2, 0) is 4.57 Å². The third-order valence-electron chi connectivity index (χ3n) is 3.34. The molecule has 7 heteroatoms. The zero-order valence-corrected chi connectivity index (χ0v) is 12.5. The van der Waals surface area contributed by atoms with Gasteiger partial charge in [-0.15, -0.1) is 0 Å². The number of phosphoric acid groups is 1. The maximum Gasteiger partial charge on any atom is 0.524 e. The van der Waals surface area contributed by atoms with E-state index in [9.17, 15) is 4.57 Å². The Morgan fingerprint density at radius 3 is 2.59 bits per heavy atom. The molecule has 0 amide bonds. The van der Waals surface area contributed by atoms with Crippen LogP contribution in [0.3, 0.4) is 0 Å². The van der Waals surface area contributed by atoms with Gasteiger partial charge in [0.15, 0.2) is 0 Å². The first-order valence-corrected chi connectivity index (χ1v) is 8.14. The molecule has 0 aliphatic carbocycles. The van der Waals surface area contributed by atoms with E-state index in [1.807, 2.05) is 24.3 Å². The summed E-state index contributed by atoms with van der Waals surface area (Å²) >= 11 is 0. The predicted molar refractivity (Wildman–Crippen MR) is 86.3 cm³/mol. The fourth-order valence-corrected chi connectivity index (χ4v) is 2.80. The van der Waals surface area contributed by atoms with Crippen LogP contribution in [0.2, 0.25) is 0 Å². The van der Waals surface area contributed by atoms with E-state index in [-0.39, 0.29) is 5.75 Å². The van der Waals surface area contributed by atoms with Crippen LogP contribution in [-0.4, -0.2) is 16.3 Å². The molecule has 0 fully saturated rings. The van der Waals surface area contributed by atoms with Crippen molar-refractivity contribution >= 4 is 30.8 Å². The van der Waals surface area contributed by atoms with Crippen molar-refractivity contribution in [3.05, 3.63) is 53.6 Å². The minimum Gasteiger partial charge on any atom is -0.404 e. The summed E-state index contributed by atoms with van der Waals surface area (Å²) in [5.41, 5.74) is 10.7. The summed E-state index contributed by atoms with van der Waals surface area (Å²) < 4.78 is 15.3. The average molecular weight is 318 g/mol. The normalized spacial score (nSPS) is 15.5. The maximum atomic E-state index is 10.8. The van der Waals surface area contributed by atoms with Crippen molar-refractivity contribution in [2.45, 2.75) is 0 Å². The van der Waals surface area contributed by atoms with Gasteiger partial charge in [0, 0.05) is 12.1 Å². The molecule has 114 valence electrons. The Labute approximate surface area is 127 Å². The molecule has 0 aromatic heterocycles. The molecule has 0 saturated carbocycles. The van der Waals surface area contributed by atoms with Crippen LogP contribution in [0.25, 0.3) is 11.6 Å². The van der Waals surface area contributed by atoms with E-state index < -0.39 is 7.82 Å². The molecule has 0 bridgehead atoms. The third-order valence-corrected chi connectivity index (χ3v) is 3.79. The Bertz CT molecular complexity index is 781. The van der Waals surface area contributed by atoms with E-state index in [4.69, 9.17) is 15.5 Å². The van der Waals surface area contributed by atoms with Crippen LogP contribution in [0.15, 0.2) is 42.5 Å². The topological polar surface area (TPSA) is 105 Å². The largest absolute Gasteiger partial charge is 0.524 e. The van der Waals surface area contributed by atoms with Crippen molar-refractivity contribution in [1.29, 1.82) is 0 Å². The molecule has 1 aliphatic rings. The first kappa shape index (κ1) is 14.7. The van der Waals surface area contributed by atoms with Crippen LogP contribution < -0.4 is 15.6 Å². The molecule has 0 radical (unpaired) electrons. The lowest BCUT2D eigenvalue weighted by atomic mass is 10.0. The summed E-state index contributed by atoms with van der Waals surface area (Å²) in [7, 11) is -4.52. The average Bonchev–Trinajstić information content (AvgIpc) is 2.84. The van der Waals surface area contributed by atoms with Crippen LogP contribution in [0.4, 0.5) is 11.4 Å². The van der Waals surface area contributed by atoms with Crippen LogP contribution in [0.5, 0.6) is 5.75 Å².